The predicted molar refractivity (Wildman–Crippen MR) is 133 cm³/mol. The normalized spacial score (nSPS) is 22.3. The third-order valence-corrected chi connectivity index (χ3v) is 7.52. The highest BCUT2D eigenvalue weighted by Crippen LogP contribution is 2.65. The summed E-state index contributed by atoms with van der Waals surface area (Å²) in [7, 11) is 0. The number of rotatable bonds is 6. The summed E-state index contributed by atoms with van der Waals surface area (Å²) in [6.07, 6.45) is 1.79. The van der Waals surface area contributed by atoms with Gasteiger partial charge in [-0.15, -0.1) is 0 Å². The molecule has 2 atom stereocenters. The Balaban J connectivity index is 1.62. The van der Waals surface area contributed by atoms with E-state index in [1.165, 1.54) is 0 Å². The number of fused-ring (bicyclic) bond motifs is 5. The van der Waals surface area contributed by atoms with Crippen molar-refractivity contribution in [2.45, 2.75) is 51.7 Å². The average molecular weight is 471 g/mol. The molecule has 3 aromatic carbocycles. The first kappa shape index (κ1) is 23.3. The summed E-state index contributed by atoms with van der Waals surface area (Å²) in [4.78, 5) is 25.9. The SMILES string of the molecule is CC(C)C12CCC(C(C)C)(O1)c1cc(OC(=O)c3ccccc3)c(OC(=O)c3ccccc3)cc12. The van der Waals surface area contributed by atoms with Crippen LogP contribution in [0.2, 0.25) is 0 Å². The summed E-state index contributed by atoms with van der Waals surface area (Å²) in [5.41, 5.74) is 1.95. The first-order valence-corrected chi connectivity index (χ1v) is 12.2. The molecule has 0 radical (unpaired) electrons. The quantitative estimate of drug-likeness (QED) is 0.298. The lowest BCUT2D eigenvalue weighted by Crippen LogP contribution is -2.30. The number of hydrogen-bond donors (Lipinski definition) is 0. The van der Waals surface area contributed by atoms with Crippen molar-refractivity contribution < 1.29 is 23.8 Å². The van der Waals surface area contributed by atoms with E-state index in [0.29, 0.717) is 11.1 Å². The minimum Gasteiger partial charge on any atom is -0.419 e. The maximum atomic E-state index is 13.0. The van der Waals surface area contributed by atoms with Crippen molar-refractivity contribution in [3.63, 3.8) is 0 Å². The molecular formula is C30H30O5. The number of ether oxygens (including phenoxy) is 3. The molecule has 5 nitrogen and oxygen atoms in total. The molecule has 5 heteroatoms. The van der Waals surface area contributed by atoms with Crippen molar-refractivity contribution in [2.75, 3.05) is 0 Å². The van der Waals surface area contributed by atoms with Crippen molar-refractivity contribution in [1.29, 1.82) is 0 Å². The van der Waals surface area contributed by atoms with Crippen molar-refractivity contribution in [2.24, 2.45) is 11.8 Å². The van der Waals surface area contributed by atoms with E-state index in [2.05, 4.69) is 27.7 Å². The zero-order chi connectivity index (χ0) is 24.8. The van der Waals surface area contributed by atoms with Crippen LogP contribution in [0.1, 0.15) is 72.4 Å². The molecule has 180 valence electrons. The number of benzene rings is 3. The fraction of sp³-hybridized carbons (Fsp3) is 0.333. The fourth-order valence-corrected chi connectivity index (χ4v) is 5.50. The van der Waals surface area contributed by atoms with E-state index in [0.717, 1.165) is 24.0 Å². The monoisotopic (exact) mass is 470 g/mol. The smallest absolute Gasteiger partial charge is 0.343 e. The molecule has 2 heterocycles. The van der Waals surface area contributed by atoms with Crippen LogP contribution >= 0.6 is 0 Å². The molecule has 0 aromatic heterocycles. The van der Waals surface area contributed by atoms with E-state index >= 15 is 0 Å². The summed E-state index contributed by atoms with van der Waals surface area (Å²) in [6.45, 7) is 8.63. The molecule has 0 N–H and O–H groups in total. The van der Waals surface area contributed by atoms with Gasteiger partial charge in [0.1, 0.15) is 0 Å². The second-order valence-corrected chi connectivity index (χ2v) is 10.0. The second kappa shape index (κ2) is 8.65. The van der Waals surface area contributed by atoms with Gasteiger partial charge in [0.2, 0.25) is 0 Å². The van der Waals surface area contributed by atoms with Gasteiger partial charge in [0.15, 0.2) is 11.5 Å². The summed E-state index contributed by atoms with van der Waals surface area (Å²) in [5.74, 6) is -0.138. The van der Waals surface area contributed by atoms with Crippen molar-refractivity contribution in [1.82, 2.24) is 0 Å². The molecule has 1 saturated heterocycles. The first-order chi connectivity index (χ1) is 16.8. The molecule has 2 aliphatic rings. The molecule has 2 aliphatic heterocycles. The largest absolute Gasteiger partial charge is 0.419 e. The van der Waals surface area contributed by atoms with Gasteiger partial charge in [-0.05, 0) is 72.2 Å². The molecule has 3 aromatic rings. The molecule has 2 unspecified atom stereocenters. The Morgan fingerprint density at radius 3 is 1.40 bits per heavy atom. The Kier molecular flexibility index (Phi) is 5.76. The molecular weight excluding hydrogens is 440 g/mol. The number of carbonyl (C=O) groups excluding carboxylic acids is 2. The maximum Gasteiger partial charge on any atom is 0.343 e. The van der Waals surface area contributed by atoms with Crippen molar-refractivity contribution in [3.05, 3.63) is 95.1 Å². The molecule has 0 aliphatic carbocycles. The van der Waals surface area contributed by atoms with Gasteiger partial charge in [-0.2, -0.15) is 0 Å². The van der Waals surface area contributed by atoms with Gasteiger partial charge in [0.25, 0.3) is 0 Å². The predicted octanol–water partition coefficient (Wildman–Crippen LogP) is 6.65. The van der Waals surface area contributed by atoms with Gasteiger partial charge in [0, 0.05) is 0 Å². The van der Waals surface area contributed by atoms with E-state index in [4.69, 9.17) is 14.2 Å². The molecule has 0 spiro atoms. The zero-order valence-electron chi connectivity index (χ0n) is 20.5. The van der Waals surface area contributed by atoms with Gasteiger partial charge in [-0.1, -0.05) is 64.1 Å². The van der Waals surface area contributed by atoms with Gasteiger partial charge in [-0.25, -0.2) is 9.59 Å². The number of esters is 2. The molecule has 0 saturated carbocycles. The highest BCUT2D eigenvalue weighted by atomic mass is 16.6. The zero-order valence-corrected chi connectivity index (χ0v) is 20.5. The molecule has 5 rings (SSSR count). The fourth-order valence-electron chi connectivity index (χ4n) is 5.50. The molecule has 2 bridgehead atoms. The average Bonchev–Trinajstić information content (AvgIpc) is 3.41. The van der Waals surface area contributed by atoms with E-state index < -0.39 is 23.1 Å². The van der Waals surface area contributed by atoms with E-state index in [9.17, 15) is 9.59 Å². The highest BCUT2D eigenvalue weighted by Gasteiger charge is 2.62. The summed E-state index contributed by atoms with van der Waals surface area (Å²) in [6, 6.07) is 21.3. The van der Waals surface area contributed by atoms with Crippen molar-refractivity contribution >= 4 is 11.9 Å². The van der Waals surface area contributed by atoms with Crippen LogP contribution in [0.5, 0.6) is 11.5 Å². The van der Waals surface area contributed by atoms with Gasteiger partial charge in [0.05, 0.1) is 22.3 Å². The summed E-state index contributed by atoms with van der Waals surface area (Å²) in [5, 5.41) is 0. The van der Waals surface area contributed by atoms with Crippen LogP contribution in [-0.2, 0) is 15.9 Å². The van der Waals surface area contributed by atoms with E-state index in [-0.39, 0.29) is 23.3 Å². The lowest BCUT2D eigenvalue weighted by Gasteiger charge is -2.31. The van der Waals surface area contributed by atoms with Crippen LogP contribution < -0.4 is 9.47 Å². The third-order valence-electron chi connectivity index (χ3n) is 7.52. The number of carbonyl (C=O) groups is 2. The van der Waals surface area contributed by atoms with Crippen LogP contribution in [0.15, 0.2) is 72.8 Å². The lowest BCUT2D eigenvalue weighted by atomic mass is 9.69. The second-order valence-electron chi connectivity index (χ2n) is 10.0. The highest BCUT2D eigenvalue weighted by molar-refractivity contribution is 5.93. The molecule has 1 fully saturated rings. The van der Waals surface area contributed by atoms with E-state index in [1.807, 2.05) is 24.3 Å². The van der Waals surface area contributed by atoms with Crippen LogP contribution in [-0.4, -0.2) is 11.9 Å². The molecule has 35 heavy (non-hydrogen) atoms. The Hall–Kier alpha value is -3.44. The Bertz CT molecular complexity index is 1170. The van der Waals surface area contributed by atoms with Crippen LogP contribution in [0.25, 0.3) is 0 Å². The first-order valence-electron chi connectivity index (χ1n) is 12.2. The maximum absolute atomic E-state index is 13.0. The van der Waals surface area contributed by atoms with Crippen LogP contribution in [0.3, 0.4) is 0 Å². The standard InChI is InChI=1S/C30H30O5/c1-19(2)29-15-16-30(35-29,20(3)4)24-18-26(34-28(32)22-13-9-6-10-14-22)25(17-23(24)29)33-27(31)21-11-7-5-8-12-21/h5-14,17-20H,15-16H2,1-4H3. The van der Waals surface area contributed by atoms with Gasteiger partial charge >= 0.3 is 11.9 Å². The molecule has 0 amide bonds. The lowest BCUT2D eigenvalue weighted by molar-refractivity contribution is -0.131. The third kappa shape index (κ3) is 3.75. The van der Waals surface area contributed by atoms with Crippen LogP contribution in [0.4, 0.5) is 0 Å². The minimum absolute atomic E-state index is 0.219. The van der Waals surface area contributed by atoms with Crippen LogP contribution in [0, 0.1) is 11.8 Å². The Morgan fingerprint density at radius 1 is 0.686 bits per heavy atom. The topological polar surface area (TPSA) is 61.8 Å². The Labute approximate surface area is 206 Å². The number of hydrogen-bond acceptors (Lipinski definition) is 5. The Morgan fingerprint density at radius 2 is 1.06 bits per heavy atom. The van der Waals surface area contributed by atoms with Gasteiger partial charge in [-0.3, -0.25) is 0 Å². The summed E-state index contributed by atoms with van der Waals surface area (Å²) < 4.78 is 18.5. The van der Waals surface area contributed by atoms with Crippen molar-refractivity contribution in [3.8, 4) is 11.5 Å². The van der Waals surface area contributed by atoms with E-state index in [1.54, 1.807) is 48.5 Å². The van der Waals surface area contributed by atoms with Gasteiger partial charge < -0.3 is 14.2 Å². The minimum atomic E-state index is -0.510. The summed E-state index contributed by atoms with van der Waals surface area (Å²) >= 11 is 0.